The molecule has 0 spiro atoms. The number of aromatic nitrogens is 1. The van der Waals surface area contributed by atoms with Gasteiger partial charge in [0.1, 0.15) is 11.9 Å². The minimum absolute atomic E-state index is 0.171. The van der Waals surface area contributed by atoms with Crippen molar-refractivity contribution in [2.24, 2.45) is 0 Å². The van der Waals surface area contributed by atoms with Crippen LogP contribution in [-0.4, -0.2) is 34.9 Å². The molecule has 0 radical (unpaired) electrons. The van der Waals surface area contributed by atoms with Crippen molar-refractivity contribution in [1.29, 1.82) is 0 Å². The molecule has 21 heavy (non-hydrogen) atoms. The maximum Gasteiger partial charge on any atom is 0.244 e. The van der Waals surface area contributed by atoms with E-state index in [1.165, 1.54) is 6.42 Å². The van der Waals surface area contributed by atoms with Crippen LogP contribution in [0.4, 0.5) is 5.82 Å². The minimum Gasteiger partial charge on any atom is -0.359 e. The lowest BCUT2D eigenvalue weighted by Gasteiger charge is -2.29. The topological polar surface area (TPSA) is 45.2 Å². The fraction of sp³-hybridized carbons (Fsp3) is 0.412. The van der Waals surface area contributed by atoms with E-state index in [0.717, 1.165) is 42.7 Å². The van der Waals surface area contributed by atoms with E-state index >= 15 is 0 Å². The number of para-hydroxylation sites is 1. The number of nitrogens with one attached hydrogen (secondary N) is 1. The van der Waals surface area contributed by atoms with Gasteiger partial charge in [0.25, 0.3) is 0 Å². The minimum atomic E-state index is -0.239. The molecule has 1 unspecified atom stereocenters. The van der Waals surface area contributed by atoms with Crippen LogP contribution in [0.3, 0.4) is 0 Å². The lowest BCUT2D eigenvalue weighted by Crippen LogP contribution is -2.44. The van der Waals surface area contributed by atoms with Crippen molar-refractivity contribution < 1.29 is 4.79 Å². The molecule has 0 saturated carbocycles. The summed E-state index contributed by atoms with van der Waals surface area (Å²) in [6, 6.07) is 11.7. The zero-order valence-corrected chi connectivity index (χ0v) is 12.4. The van der Waals surface area contributed by atoms with Crippen molar-refractivity contribution in [3.05, 3.63) is 36.4 Å². The van der Waals surface area contributed by atoms with Crippen LogP contribution in [-0.2, 0) is 4.79 Å². The third-order valence-corrected chi connectivity index (χ3v) is 4.00. The van der Waals surface area contributed by atoms with Crippen LogP contribution in [0.25, 0.3) is 10.9 Å². The zero-order chi connectivity index (χ0) is 14.7. The van der Waals surface area contributed by atoms with Crippen LogP contribution in [0.2, 0.25) is 0 Å². The van der Waals surface area contributed by atoms with Gasteiger partial charge in [-0.1, -0.05) is 18.2 Å². The Morgan fingerprint density at radius 1 is 1.14 bits per heavy atom. The summed E-state index contributed by atoms with van der Waals surface area (Å²) in [7, 11) is 0. The number of piperidine rings is 1. The molecule has 3 rings (SSSR count). The van der Waals surface area contributed by atoms with Crippen LogP contribution in [0.5, 0.6) is 0 Å². The maximum absolute atomic E-state index is 12.4. The molecule has 0 aliphatic carbocycles. The highest BCUT2D eigenvalue weighted by molar-refractivity contribution is 5.85. The van der Waals surface area contributed by atoms with Gasteiger partial charge < -0.3 is 10.2 Å². The molecule has 110 valence electrons. The van der Waals surface area contributed by atoms with Crippen LogP contribution in [0.15, 0.2) is 36.4 Å². The van der Waals surface area contributed by atoms with E-state index in [9.17, 15) is 4.79 Å². The predicted molar refractivity (Wildman–Crippen MR) is 85.3 cm³/mol. The van der Waals surface area contributed by atoms with Gasteiger partial charge in [0.15, 0.2) is 0 Å². The Morgan fingerprint density at radius 3 is 2.71 bits per heavy atom. The molecule has 1 saturated heterocycles. The first-order valence-electron chi connectivity index (χ1n) is 7.65. The second-order valence-electron chi connectivity index (χ2n) is 5.64. The third kappa shape index (κ3) is 3.15. The summed E-state index contributed by atoms with van der Waals surface area (Å²) in [5.41, 5.74) is 0.945. The molecule has 2 aromatic rings. The summed E-state index contributed by atoms with van der Waals surface area (Å²) in [5, 5.41) is 4.34. The Hall–Kier alpha value is -2.10. The van der Waals surface area contributed by atoms with E-state index in [4.69, 9.17) is 0 Å². The first kappa shape index (κ1) is 13.9. The van der Waals surface area contributed by atoms with Crippen molar-refractivity contribution in [3.8, 4) is 0 Å². The van der Waals surface area contributed by atoms with Gasteiger partial charge in [-0.2, -0.15) is 0 Å². The zero-order valence-electron chi connectivity index (χ0n) is 12.4. The number of rotatable bonds is 3. The smallest absolute Gasteiger partial charge is 0.244 e. The molecular formula is C17H21N3O. The van der Waals surface area contributed by atoms with E-state index < -0.39 is 0 Å². The van der Waals surface area contributed by atoms with Gasteiger partial charge in [0.2, 0.25) is 5.91 Å². The molecule has 1 aromatic carbocycles. The molecular weight excluding hydrogens is 262 g/mol. The number of carbonyl (C=O) groups excluding carboxylic acids is 1. The Morgan fingerprint density at radius 2 is 1.90 bits per heavy atom. The van der Waals surface area contributed by atoms with Crippen molar-refractivity contribution in [2.75, 3.05) is 18.4 Å². The highest BCUT2D eigenvalue weighted by Crippen LogP contribution is 2.16. The second-order valence-corrected chi connectivity index (χ2v) is 5.64. The average molecular weight is 283 g/mol. The number of likely N-dealkylation sites (tertiary alicyclic amines) is 1. The fourth-order valence-electron chi connectivity index (χ4n) is 2.82. The van der Waals surface area contributed by atoms with Crippen LogP contribution < -0.4 is 5.32 Å². The molecule has 1 amide bonds. The standard InChI is InChI=1S/C17H21N3O/c1-13(17(21)20-11-5-2-6-12-20)18-16-10-9-14-7-3-4-8-15(14)19-16/h3-4,7-10,13H,2,5-6,11-12H2,1H3,(H,18,19). The van der Waals surface area contributed by atoms with Crippen molar-refractivity contribution >= 4 is 22.6 Å². The normalized spacial score (nSPS) is 16.7. The summed E-state index contributed by atoms with van der Waals surface area (Å²) < 4.78 is 0. The quantitative estimate of drug-likeness (QED) is 0.941. The summed E-state index contributed by atoms with van der Waals surface area (Å²) in [5.74, 6) is 0.927. The summed E-state index contributed by atoms with van der Waals surface area (Å²) in [6.45, 7) is 3.68. The van der Waals surface area contributed by atoms with Gasteiger partial charge in [-0.05, 0) is 44.4 Å². The molecule has 1 aliphatic heterocycles. The van der Waals surface area contributed by atoms with Crippen LogP contribution >= 0.6 is 0 Å². The Labute approximate surface area is 125 Å². The number of pyridine rings is 1. The first-order valence-corrected chi connectivity index (χ1v) is 7.65. The number of hydrogen-bond acceptors (Lipinski definition) is 3. The number of carbonyl (C=O) groups is 1. The molecule has 1 fully saturated rings. The van der Waals surface area contributed by atoms with Crippen molar-refractivity contribution in [2.45, 2.75) is 32.2 Å². The van der Waals surface area contributed by atoms with E-state index in [1.807, 2.05) is 48.2 Å². The second kappa shape index (κ2) is 6.12. The van der Waals surface area contributed by atoms with Gasteiger partial charge in [-0.3, -0.25) is 4.79 Å². The largest absolute Gasteiger partial charge is 0.359 e. The monoisotopic (exact) mass is 283 g/mol. The number of anilines is 1. The van der Waals surface area contributed by atoms with Crippen LogP contribution in [0.1, 0.15) is 26.2 Å². The van der Waals surface area contributed by atoms with E-state index in [1.54, 1.807) is 0 Å². The van der Waals surface area contributed by atoms with Gasteiger partial charge in [-0.15, -0.1) is 0 Å². The predicted octanol–water partition coefficient (Wildman–Crippen LogP) is 3.05. The molecule has 4 nitrogen and oxygen atoms in total. The van der Waals surface area contributed by atoms with Crippen molar-refractivity contribution in [3.63, 3.8) is 0 Å². The summed E-state index contributed by atoms with van der Waals surface area (Å²) in [4.78, 5) is 18.9. The molecule has 4 heteroatoms. The molecule has 2 heterocycles. The third-order valence-electron chi connectivity index (χ3n) is 4.00. The number of benzene rings is 1. The van der Waals surface area contributed by atoms with Gasteiger partial charge in [0, 0.05) is 18.5 Å². The molecule has 1 aliphatic rings. The SMILES string of the molecule is CC(Nc1ccc2ccccc2n1)C(=O)N1CCCCC1. The number of nitrogens with zero attached hydrogens (tertiary/aromatic N) is 2. The summed E-state index contributed by atoms with van der Waals surface area (Å²) >= 11 is 0. The average Bonchev–Trinajstić information content (AvgIpc) is 2.55. The fourth-order valence-corrected chi connectivity index (χ4v) is 2.82. The number of fused-ring (bicyclic) bond motifs is 1. The highest BCUT2D eigenvalue weighted by atomic mass is 16.2. The van der Waals surface area contributed by atoms with Crippen LogP contribution in [0, 0.1) is 0 Å². The molecule has 1 N–H and O–H groups in total. The lowest BCUT2D eigenvalue weighted by atomic mass is 10.1. The Bertz CT molecular complexity index is 635. The maximum atomic E-state index is 12.4. The Kier molecular flexibility index (Phi) is 4.04. The molecule has 1 aromatic heterocycles. The Balaban J connectivity index is 1.70. The molecule has 1 atom stereocenters. The first-order chi connectivity index (χ1) is 10.2. The lowest BCUT2D eigenvalue weighted by molar-refractivity contribution is -0.132. The van der Waals surface area contributed by atoms with Gasteiger partial charge in [-0.25, -0.2) is 4.98 Å². The molecule has 0 bridgehead atoms. The van der Waals surface area contributed by atoms with Gasteiger partial charge in [0.05, 0.1) is 5.52 Å². The van der Waals surface area contributed by atoms with E-state index in [-0.39, 0.29) is 11.9 Å². The van der Waals surface area contributed by atoms with Crippen molar-refractivity contribution in [1.82, 2.24) is 9.88 Å². The number of hydrogen-bond donors (Lipinski definition) is 1. The highest BCUT2D eigenvalue weighted by Gasteiger charge is 2.22. The number of amides is 1. The van der Waals surface area contributed by atoms with E-state index in [2.05, 4.69) is 10.3 Å². The van der Waals surface area contributed by atoms with Gasteiger partial charge >= 0.3 is 0 Å². The van der Waals surface area contributed by atoms with E-state index in [0.29, 0.717) is 0 Å². The summed E-state index contributed by atoms with van der Waals surface area (Å²) in [6.07, 6.45) is 3.47.